The van der Waals surface area contributed by atoms with Crippen molar-refractivity contribution in [2.24, 2.45) is 0 Å². The Balaban J connectivity index is 2.05. The highest BCUT2D eigenvalue weighted by Gasteiger charge is 2.28. The smallest absolute Gasteiger partial charge is 0.254 e. The molecule has 3 nitrogen and oxygen atoms in total. The molecule has 0 saturated carbocycles. The first-order valence-electron chi connectivity index (χ1n) is 6.43. The summed E-state index contributed by atoms with van der Waals surface area (Å²) in [5, 5.41) is 3.16. The maximum absolute atomic E-state index is 12.4. The monoisotopic (exact) mass is 310 g/mol. The van der Waals surface area contributed by atoms with E-state index >= 15 is 0 Å². The Bertz CT molecular complexity index is 405. The first-order chi connectivity index (χ1) is 8.72. The largest absolute Gasteiger partial charge is 0.336 e. The number of halogens is 1. The molecule has 1 heterocycles. The van der Waals surface area contributed by atoms with Crippen LogP contribution in [0.5, 0.6) is 0 Å². The van der Waals surface area contributed by atoms with Gasteiger partial charge in [0.05, 0.1) is 0 Å². The second kappa shape index (κ2) is 6.34. The van der Waals surface area contributed by atoms with Crippen LogP contribution in [0.15, 0.2) is 28.7 Å². The van der Waals surface area contributed by atoms with Crippen LogP contribution < -0.4 is 5.32 Å². The Morgan fingerprint density at radius 3 is 2.83 bits per heavy atom. The molecule has 0 bridgehead atoms. The summed E-state index contributed by atoms with van der Waals surface area (Å²) in [6.07, 6.45) is 3.29. The van der Waals surface area contributed by atoms with Gasteiger partial charge in [0, 0.05) is 22.6 Å². The molecule has 1 fully saturated rings. The zero-order valence-electron chi connectivity index (χ0n) is 10.7. The van der Waals surface area contributed by atoms with Crippen LogP contribution in [0.1, 0.15) is 29.6 Å². The van der Waals surface area contributed by atoms with E-state index in [4.69, 9.17) is 0 Å². The summed E-state index contributed by atoms with van der Waals surface area (Å²) >= 11 is 3.39. The van der Waals surface area contributed by atoms with E-state index in [1.54, 1.807) is 0 Å². The topological polar surface area (TPSA) is 32.3 Å². The zero-order valence-corrected chi connectivity index (χ0v) is 12.2. The molecule has 0 radical (unpaired) electrons. The first-order valence-corrected chi connectivity index (χ1v) is 7.23. The molecule has 18 heavy (non-hydrogen) atoms. The van der Waals surface area contributed by atoms with Crippen LogP contribution in [0.25, 0.3) is 0 Å². The summed E-state index contributed by atoms with van der Waals surface area (Å²) in [5.41, 5.74) is 0.787. The lowest BCUT2D eigenvalue weighted by atomic mass is 10.1. The highest BCUT2D eigenvalue weighted by atomic mass is 79.9. The third kappa shape index (κ3) is 3.12. The summed E-state index contributed by atoms with van der Waals surface area (Å²) in [4.78, 5) is 14.5. The predicted octanol–water partition coefficient (Wildman–Crippen LogP) is 2.66. The van der Waals surface area contributed by atoms with Gasteiger partial charge in [0.2, 0.25) is 0 Å². The molecule has 1 aromatic carbocycles. The normalized spacial score (nSPS) is 19.2. The Labute approximate surface area is 117 Å². The summed E-state index contributed by atoms with van der Waals surface area (Å²) < 4.78 is 1.01. The molecule has 1 unspecified atom stereocenters. The van der Waals surface area contributed by atoms with Gasteiger partial charge >= 0.3 is 0 Å². The van der Waals surface area contributed by atoms with Crippen molar-refractivity contribution in [3.05, 3.63) is 34.3 Å². The number of amides is 1. The van der Waals surface area contributed by atoms with Crippen molar-refractivity contribution in [1.82, 2.24) is 10.2 Å². The van der Waals surface area contributed by atoms with Crippen molar-refractivity contribution in [1.29, 1.82) is 0 Å². The van der Waals surface area contributed by atoms with Crippen LogP contribution in [0.2, 0.25) is 0 Å². The number of hydrogen-bond donors (Lipinski definition) is 1. The Morgan fingerprint density at radius 2 is 2.17 bits per heavy atom. The molecule has 1 aliphatic rings. The number of nitrogens with one attached hydrogen (secondary N) is 1. The fraction of sp³-hybridized carbons (Fsp3) is 0.500. The molecule has 1 atom stereocenters. The fourth-order valence-corrected chi connectivity index (χ4v) is 2.74. The molecule has 1 aliphatic heterocycles. The maximum atomic E-state index is 12.4. The summed E-state index contributed by atoms with van der Waals surface area (Å²) in [6.45, 7) is 1.86. The van der Waals surface area contributed by atoms with Crippen LogP contribution in [0, 0.1) is 0 Å². The van der Waals surface area contributed by atoms with Crippen LogP contribution in [0.3, 0.4) is 0 Å². The fourth-order valence-electron chi connectivity index (χ4n) is 2.47. The molecule has 1 amide bonds. The van der Waals surface area contributed by atoms with Crippen molar-refractivity contribution >= 4 is 21.8 Å². The van der Waals surface area contributed by atoms with Crippen LogP contribution in [0.4, 0.5) is 0 Å². The highest BCUT2D eigenvalue weighted by molar-refractivity contribution is 9.10. The van der Waals surface area contributed by atoms with E-state index < -0.39 is 0 Å². The van der Waals surface area contributed by atoms with Crippen LogP contribution >= 0.6 is 15.9 Å². The number of carbonyl (C=O) groups is 1. The SMILES string of the molecule is CNCCC1CCCN1C(=O)c1ccc(Br)cc1. The third-order valence-corrected chi connectivity index (χ3v) is 3.99. The second-order valence-corrected chi connectivity index (χ2v) is 5.61. The van der Waals surface area contributed by atoms with E-state index in [2.05, 4.69) is 21.2 Å². The molecular formula is C14H19BrN2O. The van der Waals surface area contributed by atoms with E-state index in [0.717, 1.165) is 42.4 Å². The third-order valence-electron chi connectivity index (χ3n) is 3.46. The molecule has 0 aromatic heterocycles. The van der Waals surface area contributed by atoms with E-state index in [0.29, 0.717) is 6.04 Å². The van der Waals surface area contributed by atoms with E-state index in [1.807, 2.05) is 36.2 Å². The van der Waals surface area contributed by atoms with Gasteiger partial charge in [0.15, 0.2) is 0 Å². The maximum Gasteiger partial charge on any atom is 0.254 e. The molecule has 1 saturated heterocycles. The Morgan fingerprint density at radius 1 is 1.44 bits per heavy atom. The molecule has 4 heteroatoms. The average Bonchev–Trinajstić information content (AvgIpc) is 2.84. The lowest BCUT2D eigenvalue weighted by Gasteiger charge is -2.24. The second-order valence-electron chi connectivity index (χ2n) is 4.69. The average molecular weight is 311 g/mol. The van der Waals surface area contributed by atoms with Crippen LogP contribution in [-0.2, 0) is 0 Å². The lowest BCUT2D eigenvalue weighted by molar-refractivity contribution is 0.0731. The van der Waals surface area contributed by atoms with Gasteiger partial charge in [-0.15, -0.1) is 0 Å². The summed E-state index contributed by atoms with van der Waals surface area (Å²) in [6, 6.07) is 8.02. The first kappa shape index (κ1) is 13.6. The van der Waals surface area contributed by atoms with Gasteiger partial charge in [-0.3, -0.25) is 4.79 Å². The van der Waals surface area contributed by atoms with Gasteiger partial charge in [0.25, 0.3) is 5.91 Å². The van der Waals surface area contributed by atoms with Crippen molar-refractivity contribution in [2.45, 2.75) is 25.3 Å². The molecule has 0 spiro atoms. The standard InChI is InChI=1S/C14H19BrN2O/c1-16-9-8-13-3-2-10-17(13)14(18)11-4-6-12(15)7-5-11/h4-7,13,16H,2-3,8-10H2,1H3. The molecule has 0 aliphatic carbocycles. The molecule has 98 valence electrons. The minimum absolute atomic E-state index is 0.168. The number of likely N-dealkylation sites (tertiary alicyclic amines) is 1. The number of rotatable bonds is 4. The number of nitrogens with zero attached hydrogens (tertiary/aromatic N) is 1. The van der Waals surface area contributed by atoms with Gasteiger partial charge < -0.3 is 10.2 Å². The Hall–Kier alpha value is -0.870. The quantitative estimate of drug-likeness (QED) is 0.927. The van der Waals surface area contributed by atoms with Gasteiger partial charge in [-0.05, 0) is 57.1 Å². The summed E-state index contributed by atoms with van der Waals surface area (Å²) in [7, 11) is 1.95. The Kier molecular flexibility index (Phi) is 4.78. The highest BCUT2D eigenvalue weighted by Crippen LogP contribution is 2.22. The van der Waals surface area contributed by atoms with E-state index in [-0.39, 0.29) is 5.91 Å². The molecule has 1 N–H and O–H groups in total. The zero-order chi connectivity index (χ0) is 13.0. The van der Waals surface area contributed by atoms with Crippen molar-refractivity contribution < 1.29 is 4.79 Å². The summed E-state index contributed by atoms with van der Waals surface area (Å²) in [5.74, 6) is 0.168. The van der Waals surface area contributed by atoms with Gasteiger partial charge in [-0.1, -0.05) is 15.9 Å². The molecule has 2 rings (SSSR count). The van der Waals surface area contributed by atoms with E-state index in [9.17, 15) is 4.79 Å². The van der Waals surface area contributed by atoms with Gasteiger partial charge in [-0.2, -0.15) is 0 Å². The predicted molar refractivity (Wildman–Crippen MR) is 76.7 cm³/mol. The minimum atomic E-state index is 0.168. The van der Waals surface area contributed by atoms with Crippen molar-refractivity contribution in [3.63, 3.8) is 0 Å². The van der Waals surface area contributed by atoms with Crippen LogP contribution in [-0.4, -0.2) is 37.0 Å². The number of hydrogen-bond acceptors (Lipinski definition) is 2. The van der Waals surface area contributed by atoms with Gasteiger partial charge in [-0.25, -0.2) is 0 Å². The van der Waals surface area contributed by atoms with Crippen molar-refractivity contribution in [2.75, 3.05) is 20.1 Å². The lowest BCUT2D eigenvalue weighted by Crippen LogP contribution is -2.37. The van der Waals surface area contributed by atoms with E-state index in [1.165, 1.54) is 0 Å². The molecular weight excluding hydrogens is 292 g/mol. The molecule has 1 aromatic rings. The number of benzene rings is 1. The number of carbonyl (C=O) groups excluding carboxylic acids is 1. The van der Waals surface area contributed by atoms with Gasteiger partial charge in [0.1, 0.15) is 0 Å². The minimum Gasteiger partial charge on any atom is -0.336 e. The van der Waals surface area contributed by atoms with Crippen molar-refractivity contribution in [3.8, 4) is 0 Å².